The number of benzene rings is 2. The number of hydrogen-bond donors (Lipinski definition) is 1. The molecule has 0 saturated heterocycles. The summed E-state index contributed by atoms with van der Waals surface area (Å²) in [4.78, 5) is 12.6. The topological polar surface area (TPSA) is 55.4 Å². The minimum absolute atomic E-state index is 0.347. The quantitative estimate of drug-likeness (QED) is 0.470. The third-order valence-corrected chi connectivity index (χ3v) is 4.74. The van der Waals surface area contributed by atoms with Gasteiger partial charge in [-0.05, 0) is 37.5 Å². The molecule has 132 valence electrons. The molecule has 2 aromatic carbocycles. The Hall–Kier alpha value is -3.01. The van der Waals surface area contributed by atoms with Crippen LogP contribution < -0.4 is 10.9 Å². The van der Waals surface area contributed by atoms with Crippen molar-refractivity contribution in [2.45, 2.75) is 33.6 Å². The first-order chi connectivity index (χ1) is 12.6. The van der Waals surface area contributed by atoms with Crippen LogP contribution in [0.25, 0.3) is 21.7 Å². The van der Waals surface area contributed by atoms with Crippen LogP contribution in [0.15, 0.2) is 56.1 Å². The Balaban J connectivity index is 2.04. The maximum atomic E-state index is 12.6. The fourth-order valence-electron chi connectivity index (χ4n) is 3.48. The summed E-state index contributed by atoms with van der Waals surface area (Å²) in [6, 6.07) is 13.7. The number of hydrogen-bond acceptors (Lipinski definition) is 4. The average Bonchev–Trinajstić information content (AvgIpc) is 2.98. The lowest BCUT2D eigenvalue weighted by Gasteiger charge is -2.11. The van der Waals surface area contributed by atoms with Gasteiger partial charge in [0.15, 0.2) is 0 Å². The van der Waals surface area contributed by atoms with Gasteiger partial charge in [-0.3, -0.25) is 0 Å². The van der Waals surface area contributed by atoms with Crippen LogP contribution >= 0.6 is 0 Å². The van der Waals surface area contributed by atoms with Crippen molar-refractivity contribution < 1.29 is 8.83 Å². The molecular weight excluding hydrogens is 326 g/mol. The number of rotatable bonds is 4. The van der Waals surface area contributed by atoms with E-state index >= 15 is 0 Å². The molecule has 0 unspecified atom stereocenters. The summed E-state index contributed by atoms with van der Waals surface area (Å²) >= 11 is 0. The third-order valence-electron chi connectivity index (χ3n) is 4.74. The van der Waals surface area contributed by atoms with Crippen LogP contribution in [0.3, 0.4) is 0 Å². The molecule has 0 atom stereocenters. The lowest BCUT2D eigenvalue weighted by molar-refractivity contribution is 0.522. The molecule has 0 bridgehead atoms. The molecule has 0 fully saturated rings. The van der Waals surface area contributed by atoms with Gasteiger partial charge in [-0.15, -0.1) is 0 Å². The summed E-state index contributed by atoms with van der Waals surface area (Å²) in [7, 11) is 0. The molecule has 0 amide bonds. The lowest BCUT2D eigenvalue weighted by atomic mass is 10.1. The van der Waals surface area contributed by atoms with Crippen molar-refractivity contribution in [3.63, 3.8) is 0 Å². The van der Waals surface area contributed by atoms with Gasteiger partial charge in [0.1, 0.15) is 16.7 Å². The SMILES string of the molecule is CCCc1oc(Nc2c(C)cccc2C)c2c1c(=O)oc1ccccc12. The minimum Gasteiger partial charge on any atom is -0.444 e. The molecule has 2 heterocycles. The fourth-order valence-corrected chi connectivity index (χ4v) is 3.48. The Bertz CT molecular complexity index is 1150. The van der Waals surface area contributed by atoms with E-state index in [2.05, 4.69) is 38.2 Å². The third kappa shape index (κ3) is 2.58. The second kappa shape index (κ2) is 6.37. The van der Waals surface area contributed by atoms with Crippen molar-refractivity contribution >= 4 is 33.3 Å². The Labute approximate surface area is 151 Å². The van der Waals surface area contributed by atoms with E-state index in [4.69, 9.17) is 8.83 Å². The van der Waals surface area contributed by atoms with E-state index in [1.54, 1.807) is 0 Å². The highest BCUT2D eigenvalue weighted by Crippen LogP contribution is 2.37. The van der Waals surface area contributed by atoms with Crippen LogP contribution in [0, 0.1) is 13.8 Å². The van der Waals surface area contributed by atoms with Gasteiger partial charge in [0.05, 0.1) is 5.39 Å². The molecule has 0 spiro atoms. The Morgan fingerprint density at radius 1 is 0.923 bits per heavy atom. The first-order valence-corrected chi connectivity index (χ1v) is 8.90. The first-order valence-electron chi connectivity index (χ1n) is 8.90. The largest absolute Gasteiger partial charge is 0.444 e. The van der Waals surface area contributed by atoms with Crippen LogP contribution in [0.2, 0.25) is 0 Å². The van der Waals surface area contributed by atoms with Crippen LogP contribution in [0.1, 0.15) is 30.2 Å². The molecule has 4 rings (SSSR count). The first kappa shape index (κ1) is 16.5. The molecule has 4 aromatic rings. The zero-order valence-corrected chi connectivity index (χ0v) is 15.2. The van der Waals surface area contributed by atoms with E-state index in [-0.39, 0.29) is 5.63 Å². The Kier molecular flexibility index (Phi) is 4.03. The van der Waals surface area contributed by atoms with Gasteiger partial charge in [-0.1, -0.05) is 43.3 Å². The van der Waals surface area contributed by atoms with E-state index in [1.165, 1.54) is 0 Å². The van der Waals surface area contributed by atoms with E-state index in [9.17, 15) is 4.79 Å². The van der Waals surface area contributed by atoms with Crippen molar-refractivity contribution in [2.24, 2.45) is 0 Å². The molecule has 2 aromatic heterocycles. The van der Waals surface area contributed by atoms with Crippen molar-refractivity contribution in [1.29, 1.82) is 0 Å². The van der Waals surface area contributed by atoms with Crippen molar-refractivity contribution in [1.82, 2.24) is 0 Å². The summed E-state index contributed by atoms with van der Waals surface area (Å²) < 4.78 is 11.7. The number of furan rings is 1. The monoisotopic (exact) mass is 347 g/mol. The summed E-state index contributed by atoms with van der Waals surface area (Å²) in [5.74, 6) is 1.28. The van der Waals surface area contributed by atoms with Crippen molar-refractivity contribution in [2.75, 3.05) is 5.32 Å². The van der Waals surface area contributed by atoms with Gasteiger partial charge in [0.25, 0.3) is 0 Å². The zero-order chi connectivity index (χ0) is 18.3. The summed E-state index contributed by atoms with van der Waals surface area (Å²) in [6.45, 7) is 6.18. The molecule has 0 aliphatic carbocycles. The van der Waals surface area contributed by atoms with Gasteiger partial charge in [0, 0.05) is 17.5 Å². The van der Waals surface area contributed by atoms with E-state index in [0.717, 1.165) is 34.0 Å². The molecule has 4 nitrogen and oxygen atoms in total. The highest BCUT2D eigenvalue weighted by molar-refractivity contribution is 6.11. The summed E-state index contributed by atoms with van der Waals surface area (Å²) in [6.07, 6.45) is 1.58. The van der Waals surface area contributed by atoms with Crippen LogP contribution in [-0.4, -0.2) is 0 Å². The lowest BCUT2D eigenvalue weighted by Crippen LogP contribution is -2.01. The zero-order valence-electron chi connectivity index (χ0n) is 15.2. The molecule has 1 N–H and O–H groups in total. The van der Waals surface area contributed by atoms with Crippen molar-refractivity contribution in [3.8, 4) is 0 Å². The number of anilines is 2. The second-order valence-corrected chi connectivity index (χ2v) is 6.63. The Morgan fingerprint density at radius 2 is 1.65 bits per heavy atom. The van der Waals surface area contributed by atoms with Gasteiger partial charge in [0.2, 0.25) is 5.88 Å². The standard InChI is InChI=1S/C22H21NO3/c1-4-8-17-19-18(15-11-5-6-12-16(15)26-22(19)24)21(25-17)23-20-13(2)9-7-10-14(20)3/h5-7,9-12,23H,4,8H2,1-3H3. The number of para-hydroxylation sites is 2. The number of fused-ring (bicyclic) bond motifs is 3. The van der Waals surface area contributed by atoms with E-state index < -0.39 is 0 Å². The summed E-state index contributed by atoms with van der Waals surface area (Å²) in [5.41, 5.74) is 3.47. The van der Waals surface area contributed by atoms with E-state index in [0.29, 0.717) is 29.0 Å². The maximum Gasteiger partial charge on any atom is 0.347 e. The van der Waals surface area contributed by atoms with Crippen molar-refractivity contribution in [3.05, 3.63) is 69.8 Å². The maximum absolute atomic E-state index is 12.6. The van der Waals surface area contributed by atoms with Crippen LogP contribution in [0.5, 0.6) is 0 Å². The van der Waals surface area contributed by atoms with Crippen LogP contribution in [0.4, 0.5) is 11.6 Å². The molecule has 0 aliphatic rings. The van der Waals surface area contributed by atoms with Gasteiger partial charge in [-0.25, -0.2) is 4.79 Å². The predicted molar refractivity (Wildman–Crippen MR) is 105 cm³/mol. The normalized spacial score (nSPS) is 11.3. The Morgan fingerprint density at radius 3 is 2.38 bits per heavy atom. The average molecular weight is 347 g/mol. The number of nitrogens with one attached hydrogen (secondary N) is 1. The molecule has 26 heavy (non-hydrogen) atoms. The molecule has 4 heteroatoms. The highest BCUT2D eigenvalue weighted by atomic mass is 16.4. The second-order valence-electron chi connectivity index (χ2n) is 6.63. The smallest absolute Gasteiger partial charge is 0.347 e. The van der Waals surface area contributed by atoms with Gasteiger partial charge >= 0.3 is 5.63 Å². The highest BCUT2D eigenvalue weighted by Gasteiger charge is 2.21. The van der Waals surface area contributed by atoms with Gasteiger partial charge in [-0.2, -0.15) is 0 Å². The van der Waals surface area contributed by atoms with Gasteiger partial charge < -0.3 is 14.2 Å². The predicted octanol–water partition coefficient (Wildman–Crippen LogP) is 5.85. The summed E-state index contributed by atoms with van der Waals surface area (Å²) in [5, 5.41) is 5.65. The fraction of sp³-hybridized carbons (Fsp3) is 0.227. The van der Waals surface area contributed by atoms with E-state index in [1.807, 2.05) is 30.3 Å². The number of aryl methyl sites for hydroxylation is 3. The molecule has 0 radical (unpaired) electrons. The minimum atomic E-state index is -0.347. The molecular formula is C22H21NO3. The molecule has 0 saturated carbocycles. The molecule has 0 aliphatic heterocycles. The van der Waals surface area contributed by atoms with Crippen LogP contribution in [-0.2, 0) is 6.42 Å².